The number of carbonyl (C=O) groups is 2. The molecule has 0 radical (unpaired) electrons. The molecule has 26 heavy (non-hydrogen) atoms. The number of carbonyl (C=O) groups excluding carboxylic acids is 2. The molecule has 0 heterocycles. The van der Waals surface area contributed by atoms with Crippen molar-refractivity contribution in [2.45, 2.75) is 13.3 Å². The quantitative estimate of drug-likeness (QED) is 0.797. The summed E-state index contributed by atoms with van der Waals surface area (Å²) in [6.45, 7) is 2.25. The molecule has 5 nitrogen and oxygen atoms in total. The summed E-state index contributed by atoms with van der Waals surface area (Å²) in [6.07, 6.45) is 0.705. The fourth-order valence-electron chi connectivity index (χ4n) is 2.35. The number of hydrogen-bond donors (Lipinski definition) is 1. The summed E-state index contributed by atoms with van der Waals surface area (Å²) in [6, 6.07) is 13.1. The van der Waals surface area contributed by atoms with Gasteiger partial charge < -0.3 is 10.2 Å². The summed E-state index contributed by atoms with van der Waals surface area (Å²) in [5.74, 6) is -0.627. The smallest absolute Gasteiger partial charge is 0.254 e. The van der Waals surface area contributed by atoms with E-state index in [1.165, 1.54) is 11.0 Å². The number of nitrogens with one attached hydrogen (secondary N) is 1. The molecule has 0 aliphatic carbocycles. The third-order valence-corrected chi connectivity index (χ3v) is 4.13. The molecule has 2 rings (SSSR count). The maximum Gasteiger partial charge on any atom is 0.254 e. The van der Waals surface area contributed by atoms with Crippen LogP contribution in [0.15, 0.2) is 42.5 Å². The number of nitriles is 1. The van der Waals surface area contributed by atoms with Gasteiger partial charge >= 0.3 is 0 Å². The van der Waals surface area contributed by atoms with E-state index < -0.39 is 0 Å². The summed E-state index contributed by atoms with van der Waals surface area (Å²) < 4.78 is 0. The molecule has 2 aromatic rings. The average molecular weight is 390 g/mol. The van der Waals surface area contributed by atoms with Gasteiger partial charge in [-0.25, -0.2) is 0 Å². The standard InChI is InChI=1S/C19H17Cl2N3O2/c1-2-9-24(19(26)14-5-3-13(11-22)4-6-14)12-18(25)23-17-8-7-15(20)10-16(17)21/h3-8,10H,2,9,12H2,1H3,(H,23,25). The molecule has 2 aromatic carbocycles. The normalized spacial score (nSPS) is 10.1. The van der Waals surface area contributed by atoms with E-state index in [0.717, 1.165) is 0 Å². The van der Waals surface area contributed by atoms with Crippen LogP contribution in [-0.4, -0.2) is 29.8 Å². The third-order valence-electron chi connectivity index (χ3n) is 3.58. The Morgan fingerprint density at radius 1 is 1.15 bits per heavy atom. The van der Waals surface area contributed by atoms with Crippen LogP contribution in [0.2, 0.25) is 10.0 Å². The molecule has 0 atom stereocenters. The van der Waals surface area contributed by atoms with Crippen LogP contribution in [-0.2, 0) is 4.79 Å². The van der Waals surface area contributed by atoms with E-state index in [1.54, 1.807) is 36.4 Å². The Morgan fingerprint density at radius 2 is 1.85 bits per heavy atom. The van der Waals surface area contributed by atoms with Crippen LogP contribution in [0.4, 0.5) is 5.69 Å². The third kappa shape index (κ3) is 5.22. The first kappa shape index (κ1) is 19.8. The molecule has 0 saturated carbocycles. The van der Waals surface area contributed by atoms with Crippen LogP contribution < -0.4 is 5.32 Å². The maximum atomic E-state index is 12.7. The number of benzene rings is 2. The summed E-state index contributed by atoms with van der Waals surface area (Å²) in [5.41, 5.74) is 1.33. The highest BCUT2D eigenvalue weighted by atomic mass is 35.5. The van der Waals surface area contributed by atoms with Gasteiger partial charge in [-0.2, -0.15) is 5.26 Å². The van der Waals surface area contributed by atoms with Crippen molar-refractivity contribution in [1.29, 1.82) is 5.26 Å². The predicted molar refractivity (Wildman–Crippen MR) is 102 cm³/mol. The molecule has 0 fully saturated rings. The van der Waals surface area contributed by atoms with E-state index >= 15 is 0 Å². The van der Waals surface area contributed by atoms with Gasteiger partial charge in [-0.1, -0.05) is 30.1 Å². The maximum absolute atomic E-state index is 12.7. The van der Waals surface area contributed by atoms with Crippen molar-refractivity contribution in [2.24, 2.45) is 0 Å². The largest absolute Gasteiger partial charge is 0.329 e. The van der Waals surface area contributed by atoms with Gasteiger partial charge in [-0.15, -0.1) is 0 Å². The molecular formula is C19H17Cl2N3O2. The molecule has 1 N–H and O–H groups in total. The van der Waals surface area contributed by atoms with Crippen LogP contribution in [0.1, 0.15) is 29.3 Å². The van der Waals surface area contributed by atoms with Crippen LogP contribution in [0.5, 0.6) is 0 Å². The number of halogens is 2. The number of amides is 2. The zero-order valence-corrected chi connectivity index (χ0v) is 15.6. The van der Waals surface area contributed by atoms with Crippen molar-refractivity contribution in [1.82, 2.24) is 4.90 Å². The monoisotopic (exact) mass is 389 g/mol. The minimum absolute atomic E-state index is 0.106. The summed E-state index contributed by atoms with van der Waals surface area (Å²) in [7, 11) is 0. The summed E-state index contributed by atoms with van der Waals surface area (Å²) >= 11 is 11.9. The van der Waals surface area contributed by atoms with Crippen molar-refractivity contribution >= 4 is 40.7 Å². The lowest BCUT2D eigenvalue weighted by Gasteiger charge is -2.22. The van der Waals surface area contributed by atoms with Crippen molar-refractivity contribution in [2.75, 3.05) is 18.4 Å². The fourth-order valence-corrected chi connectivity index (χ4v) is 2.80. The van der Waals surface area contributed by atoms with E-state index in [4.69, 9.17) is 28.5 Å². The van der Waals surface area contributed by atoms with E-state index in [1.807, 2.05) is 13.0 Å². The Kier molecular flexibility index (Phi) is 7.02. The highest BCUT2D eigenvalue weighted by Gasteiger charge is 2.19. The van der Waals surface area contributed by atoms with E-state index in [-0.39, 0.29) is 18.4 Å². The van der Waals surface area contributed by atoms with E-state index in [0.29, 0.717) is 39.8 Å². The molecule has 2 amide bonds. The Bertz CT molecular complexity index is 845. The second-order valence-corrected chi connectivity index (χ2v) is 6.43. The van der Waals surface area contributed by atoms with Crippen LogP contribution in [0, 0.1) is 11.3 Å². The van der Waals surface area contributed by atoms with Gasteiger partial charge in [-0.05, 0) is 48.9 Å². The van der Waals surface area contributed by atoms with E-state index in [2.05, 4.69) is 5.32 Å². The molecule has 0 aliphatic rings. The topological polar surface area (TPSA) is 73.2 Å². The SMILES string of the molecule is CCCN(CC(=O)Nc1ccc(Cl)cc1Cl)C(=O)c1ccc(C#N)cc1. The van der Waals surface area contributed by atoms with Gasteiger partial charge in [0.15, 0.2) is 0 Å². The zero-order chi connectivity index (χ0) is 19.1. The molecule has 0 saturated heterocycles. The first-order chi connectivity index (χ1) is 12.4. The molecule has 0 bridgehead atoms. The molecular weight excluding hydrogens is 373 g/mol. The fraction of sp³-hybridized carbons (Fsp3) is 0.211. The molecule has 0 aliphatic heterocycles. The van der Waals surface area contributed by atoms with Crippen LogP contribution >= 0.6 is 23.2 Å². The van der Waals surface area contributed by atoms with Crippen molar-refractivity contribution in [3.63, 3.8) is 0 Å². The number of nitrogens with zero attached hydrogens (tertiary/aromatic N) is 2. The highest BCUT2D eigenvalue weighted by molar-refractivity contribution is 6.36. The highest BCUT2D eigenvalue weighted by Crippen LogP contribution is 2.25. The second-order valence-electron chi connectivity index (χ2n) is 5.59. The van der Waals surface area contributed by atoms with Crippen molar-refractivity contribution in [3.8, 4) is 6.07 Å². The first-order valence-electron chi connectivity index (χ1n) is 7.99. The summed E-state index contributed by atoms with van der Waals surface area (Å²) in [5, 5.41) is 12.3. The van der Waals surface area contributed by atoms with Gasteiger partial charge in [0.1, 0.15) is 6.54 Å². The molecule has 7 heteroatoms. The lowest BCUT2D eigenvalue weighted by Crippen LogP contribution is -2.38. The van der Waals surface area contributed by atoms with Crippen LogP contribution in [0.25, 0.3) is 0 Å². The number of rotatable bonds is 6. The Morgan fingerprint density at radius 3 is 2.42 bits per heavy atom. The van der Waals surface area contributed by atoms with Crippen LogP contribution in [0.3, 0.4) is 0 Å². The Balaban J connectivity index is 2.09. The lowest BCUT2D eigenvalue weighted by molar-refractivity contribution is -0.116. The molecule has 0 unspecified atom stereocenters. The summed E-state index contributed by atoms with van der Waals surface area (Å²) in [4.78, 5) is 26.4. The van der Waals surface area contributed by atoms with Gasteiger partial charge in [-0.3, -0.25) is 9.59 Å². The minimum atomic E-state index is -0.357. The molecule has 0 spiro atoms. The van der Waals surface area contributed by atoms with E-state index in [9.17, 15) is 9.59 Å². The van der Waals surface area contributed by atoms with Crippen molar-refractivity contribution < 1.29 is 9.59 Å². The van der Waals surface area contributed by atoms with Gasteiger partial charge in [0, 0.05) is 17.1 Å². The molecule has 134 valence electrons. The lowest BCUT2D eigenvalue weighted by atomic mass is 10.1. The van der Waals surface area contributed by atoms with Gasteiger partial charge in [0.25, 0.3) is 5.91 Å². The van der Waals surface area contributed by atoms with Gasteiger partial charge in [0.05, 0.1) is 22.3 Å². The molecule has 0 aromatic heterocycles. The second kappa shape index (κ2) is 9.23. The Hall–Kier alpha value is -2.55. The minimum Gasteiger partial charge on any atom is -0.329 e. The number of anilines is 1. The average Bonchev–Trinajstić information content (AvgIpc) is 2.63. The first-order valence-corrected chi connectivity index (χ1v) is 8.74. The van der Waals surface area contributed by atoms with Gasteiger partial charge in [0.2, 0.25) is 5.91 Å². The number of hydrogen-bond acceptors (Lipinski definition) is 3. The van der Waals surface area contributed by atoms with Crippen molar-refractivity contribution in [3.05, 3.63) is 63.6 Å². The Labute approximate surface area is 162 Å². The zero-order valence-electron chi connectivity index (χ0n) is 14.1. The predicted octanol–water partition coefficient (Wildman–Crippen LogP) is 4.36.